The lowest BCUT2D eigenvalue weighted by Gasteiger charge is -2.40. The Labute approximate surface area is 68.6 Å². The third-order valence-electron chi connectivity index (χ3n) is 1.91. The first-order valence-electron chi connectivity index (χ1n) is 3.52. The highest BCUT2D eigenvalue weighted by Gasteiger charge is 2.47. The molecule has 1 aliphatic heterocycles. The normalized spacial score (nSPS) is 49.2. The summed E-state index contributed by atoms with van der Waals surface area (Å²) < 4.78 is 4.56. The summed E-state index contributed by atoms with van der Waals surface area (Å²) in [5.74, 6) is -2.17. The molecule has 0 spiro atoms. The van der Waals surface area contributed by atoms with Crippen LogP contribution < -0.4 is 0 Å². The molecule has 6 nitrogen and oxygen atoms in total. The summed E-state index contributed by atoms with van der Waals surface area (Å²) in [6, 6.07) is 0. The van der Waals surface area contributed by atoms with Crippen molar-refractivity contribution >= 4 is 0 Å². The Balaban J connectivity index is 2.71. The van der Waals surface area contributed by atoms with Gasteiger partial charge in [-0.05, 0) is 0 Å². The van der Waals surface area contributed by atoms with Gasteiger partial charge in [0.05, 0.1) is 13.2 Å². The minimum absolute atomic E-state index is 0.324. The Morgan fingerprint density at radius 1 is 1.33 bits per heavy atom. The van der Waals surface area contributed by atoms with Crippen LogP contribution in [0.2, 0.25) is 0 Å². The fourth-order valence-corrected chi connectivity index (χ4v) is 1.03. The minimum atomic E-state index is -2.17. The van der Waals surface area contributed by atoms with Gasteiger partial charge in [0.2, 0.25) is 5.79 Å². The van der Waals surface area contributed by atoms with E-state index in [0.29, 0.717) is 0 Å². The number of aliphatic hydroxyl groups excluding tert-OH is 4. The highest BCUT2D eigenvalue weighted by molar-refractivity contribution is 4.90. The Kier molecular flexibility index (Phi) is 2.67. The molecular formula is C6H12O6. The summed E-state index contributed by atoms with van der Waals surface area (Å²) in [5, 5.41) is 45.0. The van der Waals surface area contributed by atoms with E-state index >= 15 is 0 Å². The highest BCUT2D eigenvalue weighted by atomic mass is 16.7. The van der Waals surface area contributed by atoms with Crippen molar-refractivity contribution in [3.8, 4) is 0 Å². The summed E-state index contributed by atoms with van der Waals surface area (Å²) in [6.45, 7) is -1.16. The molecule has 0 aliphatic carbocycles. The van der Waals surface area contributed by atoms with E-state index in [2.05, 4.69) is 4.74 Å². The van der Waals surface area contributed by atoms with Gasteiger partial charge >= 0.3 is 0 Å². The molecule has 0 amide bonds. The predicted molar refractivity (Wildman–Crippen MR) is 36.0 cm³/mol. The summed E-state index contributed by atoms with van der Waals surface area (Å²) >= 11 is 0. The van der Waals surface area contributed by atoms with Crippen molar-refractivity contribution < 1.29 is 30.3 Å². The van der Waals surface area contributed by atoms with Crippen LogP contribution in [0.3, 0.4) is 0 Å². The van der Waals surface area contributed by atoms with Gasteiger partial charge in [0, 0.05) is 0 Å². The first-order chi connectivity index (χ1) is 5.51. The molecule has 0 bridgehead atoms. The topological polar surface area (TPSA) is 110 Å². The van der Waals surface area contributed by atoms with Gasteiger partial charge in [0.15, 0.2) is 0 Å². The van der Waals surface area contributed by atoms with Gasteiger partial charge in [-0.2, -0.15) is 0 Å². The van der Waals surface area contributed by atoms with Crippen molar-refractivity contribution in [1.29, 1.82) is 0 Å². The second-order valence-electron chi connectivity index (χ2n) is 2.82. The zero-order valence-corrected chi connectivity index (χ0v) is 6.29. The third kappa shape index (κ3) is 1.45. The van der Waals surface area contributed by atoms with E-state index < -0.39 is 30.7 Å². The monoisotopic (exact) mass is 180 g/mol. The SMILES string of the molecule is OC[C@@]1(O)OC[C@@H](O)C(O)[C@@H]1O. The molecule has 1 saturated heterocycles. The van der Waals surface area contributed by atoms with Gasteiger partial charge in [0.25, 0.3) is 0 Å². The average Bonchev–Trinajstić information content (AvgIpc) is 2.09. The molecule has 1 aliphatic rings. The van der Waals surface area contributed by atoms with Crippen LogP contribution in [0.4, 0.5) is 0 Å². The van der Waals surface area contributed by atoms with E-state index in [9.17, 15) is 5.11 Å². The maximum atomic E-state index is 9.24. The Hall–Kier alpha value is -0.240. The molecule has 0 aromatic rings. The largest absolute Gasteiger partial charge is 0.391 e. The van der Waals surface area contributed by atoms with Crippen molar-refractivity contribution in [2.24, 2.45) is 0 Å². The quantitative estimate of drug-likeness (QED) is 0.290. The van der Waals surface area contributed by atoms with Crippen molar-refractivity contribution in [3.05, 3.63) is 0 Å². The van der Waals surface area contributed by atoms with Gasteiger partial charge in [-0.25, -0.2) is 0 Å². The summed E-state index contributed by atoms with van der Waals surface area (Å²) in [4.78, 5) is 0. The average molecular weight is 180 g/mol. The van der Waals surface area contributed by atoms with Crippen LogP contribution in [0.15, 0.2) is 0 Å². The third-order valence-corrected chi connectivity index (χ3v) is 1.91. The molecule has 12 heavy (non-hydrogen) atoms. The number of hydrogen-bond acceptors (Lipinski definition) is 6. The molecule has 4 atom stereocenters. The molecule has 0 saturated carbocycles. The Bertz CT molecular complexity index is 162. The molecule has 1 unspecified atom stereocenters. The second kappa shape index (κ2) is 3.25. The van der Waals surface area contributed by atoms with Crippen molar-refractivity contribution in [2.45, 2.75) is 24.1 Å². The van der Waals surface area contributed by atoms with Gasteiger partial charge in [-0.15, -0.1) is 0 Å². The van der Waals surface area contributed by atoms with Crippen molar-refractivity contribution in [2.75, 3.05) is 13.2 Å². The molecule has 72 valence electrons. The fraction of sp³-hybridized carbons (Fsp3) is 1.00. The van der Waals surface area contributed by atoms with Crippen LogP contribution >= 0.6 is 0 Å². The predicted octanol–water partition coefficient (Wildman–Crippen LogP) is -3.22. The molecule has 1 heterocycles. The lowest BCUT2D eigenvalue weighted by atomic mass is 9.98. The lowest BCUT2D eigenvalue weighted by molar-refractivity contribution is -0.331. The van der Waals surface area contributed by atoms with E-state index in [1.54, 1.807) is 0 Å². The summed E-state index contributed by atoms with van der Waals surface area (Å²) in [7, 11) is 0. The van der Waals surface area contributed by atoms with Gasteiger partial charge in [0.1, 0.15) is 18.3 Å². The first-order valence-corrected chi connectivity index (χ1v) is 3.52. The number of rotatable bonds is 1. The van der Waals surface area contributed by atoms with Crippen molar-refractivity contribution in [3.63, 3.8) is 0 Å². The molecular weight excluding hydrogens is 168 g/mol. The van der Waals surface area contributed by atoms with Gasteiger partial charge < -0.3 is 30.3 Å². The number of ether oxygens (including phenoxy) is 1. The van der Waals surface area contributed by atoms with Gasteiger partial charge in [-0.1, -0.05) is 0 Å². The molecule has 0 radical (unpaired) electrons. The second-order valence-corrected chi connectivity index (χ2v) is 2.82. The first kappa shape index (κ1) is 9.85. The van der Waals surface area contributed by atoms with Crippen LogP contribution in [0.25, 0.3) is 0 Å². The standard InChI is InChI=1S/C6H12O6/c7-2-6(11)5(10)4(9)3(8)1-12-6/h3-5,7-11H,1-2H2/t3-,4?,5+,6-/m1/s1. The Morgan fingerprint density at radius 2 is 1.92 bits per heavy atom. The van der Waals surface area contributed by atoms with Crippen LogP contribution in [-0.4, -0.2) is 62.8 Å². The smallest absolute Gasteiger partial charge is 0.218 e. The number of hydrogen-bond donors (Lipinski definition) is 5. The Morgan fingerprint density at radius 3 is 2.42 bits per heavy atom. The molecule has 0 aromatic carbocycles. The van der Waals surface area contributed by atoms with Crippen LogP contribution in [-0.2, 0) is 4.74 Å². The molecule has 0 aromatic heterocycles. The molecule has 5 N–H and O–H groups in total. The molecule has 1 rings (SSSR count). The van der Waals surface area contributed by atoms with Crippen LogP contribution in [0.5, 0.6) is 0 Å². The molecule has 1 fully saturated rings. The summed E-state index contributed by atoms with van der Waals surface area (Å²) in [6.07, 6.45) is -4.45. The molecule has 6 heteroatoms. The maximum absolute atomic E-state index is 9.24. The van der Waals surface area contributed by atoms with Gasteiger partial charge in [-0.3, -0.25) is 0 Å². The lowest BCUT2D eigenvalue weighted by Crippen LogP contribution is -2.62. The van der Waals surface area contributed by atoms with Crippen molar-refractivity contribution in [1.82, 2.24) is 0 Å². The highest BCUT2D eigenvalue weighted by Crippen LogP contribution is 2.22. The van der Waals surface area contributed by atoms with E-state index in [0.717, 1.165) is 0 Å². The zero-order chi connectivity index (χ0) is 9.35. The van der Waals surface area contributed by atoms with E-state index in [4.69, 9.17) is 20.4 Å². The number of aliphatic hydroxyl groups is 5. The van der Waals surface area contributed by atoms with E-state index in [-0.39, 0.29) is 6.61 Å². The zero-order valence-electron chi connectivity index (χ0n) is 6.29. The summed E-state index contributed by atoms with van der Waals surface area (Å²) in [5.41, 5.74) is 0. The van der Waals surface area contributed by atoms with Crippen LogP contribution in [0, 0.1) is 0 Å². The van der Waals surface area contributed by atoms with E-state index in [1.165, 1.54) is 0 Å². The van der Waals surface area contributed by atoms with Crippen LogP contribution in [0.1, 0.15) is 0 Å². The maximum Gasteiger partial charge on any atom is 0.218 e. The minimum Gasteiger partial charge on any atom is -0.391 e. The fourth-order valence-electron chi connectivity index (χ4n) is 1.03. The van der Waals surface area contributed by atoms with E-state index in [1.807, 2.05) is 0 Å².